The summed E-state index contributed by atoms with van der Waals surface area (Å²) in [7, 11) is 0. The fraction of sp³-hybridized carbons (Fsp3) is 0.286. The Kier molecular flexibility index (Phi) is 4.25. The van der Waals surface area contributed by atoms with Gasteiger partial charge in [-0.05, 0) is 37.1 Å². The summed E-state index contributed by atoms with van der Waals surface area (Å²) in [5.41, 5.74) is 6.97. The Bertz CT molecular complexity index is 468. The van der Waals surface area contributed by atoms with Gasteiger partial charge < -0.3 is 10.5 Å². The summed E-state index contributed by atoms with van der Waals surface area (Å²) in [6, 6.07) is 9.91. The average Bonchev–Trinajstić information content (AvgIpc) is 2.38. The lowest BCUT2D eigenvalue weighted by molar-refractivity contribution is 0.295. The molecule has 2 N–H and O–H groups in total. The van der Waals surface area contributed by atoms with Gasteiger partial charge >= 0.3 is 0 Å². The molecule has 0 bridgehead atoms. The van der Waals surface area contributed by atoms with E-state index in [1.807, 2.05) is 31.2 Å². The number of nitrogens with zero attached hydrogens (tertiary/aromatic N) is 2. The number of ether oxygens (including phenoxy) is 1. The lowest BCUT2D eigenvalue weighted by Gasteiger charge is -2.07. The summed E-state index contributed by atoms with van der Waals surface area (Å²) in [6.07, 6.45) is 4.29. The lowest BCUT2D eigenvalue weighted by atomic mass is 10.1. The third-order valence-corrected chi connectivity index (χ3v) is 2.47. The summed E-state index contributed by atoms with van der Waals surface area (Å²) >= 11 is 0. The Balaban J connectivity index is 1.90. The highest BCUT2D eigenvalue weighted by atomic mass is 16.5. The Labute approximate surface area is 107 Å². The Morgan fingerprint density at radius 1 is 1.17 bits per heavy atom. The third-order valence-electron chi connectivity index (χ3n) is 2.47. The highest BCUT2D eigenvalue weighted by Gasteiger charge is 2.00. The van der Waals surface area contributed by atoms with Crippen molar-refractivity contribution in [3.63, 3.8) is 0 Å². The molecule has 1 aromatic carbocycles. The van der Waals surface area contributed by atoms with E-state index in [2.05, 4.69) is 9.97 Å². The van der Waals surface area contributed by atoms with Crippen molar-refractivity contribution in [3.8, 4) is 5.75 Å². The van der Waals surface area contributed by atoms with Gasteiger partial charge in [-0.25, -0.2) is 9.97 Å². The van der Waals surface area contributed by atoms with Crippen LogP contribution < -0.4 is 10.5 Å². The quantitative estimate of drug-likeness (QED) is 0.871. The maximum absolute atomic E-state index is 5.75. The second-order valence-electron chi connectivity index (χ2n) is 4.28. The van der Waals surface area contributed by atoms with E-state index >= 15 is 0 Å². The van der Waals surface area contributed by atoms with Gasteiger partial charge in [0.1, 0.15) is 12.4 Å². The molecule has 2 rings (SSSR count). The van der Waals surface area contributed by atoms with Gasteiger partial charge in [-0.2, -0.15) is 0 Å². The van der Waals surface area contributed by atoms with E-state index in [0.29, 0.717) is 12.4 Å². The molecule has 0 aliphatic rings. The maximum atomic E-state index is 5.75. The molecule has 1 aromatic heterocycles. The first kappa shape index (κ1) is 12.5. The van der Waals surface area contributed by atoms with E-state index in [0.717, 1.165) is 12.2 Å². The molecule has 0 aliphatic carbocycles. The fourth-order valence-corrected chi connectivity index (χ4v) is 1.65. The number of nitrogens with two attached hydrogens (primary N) is 1. The van der Waals surface area contributed by atoms with Crippen molar-refractivity contribution < 1.29 is 4.74 Å². The van der Waals surface area contributed by atoms with Gasteiger partial charge in [0.25, 0.3) is 0 Å². The SMILES string of the molecule is CC(N)Cc1ccc(OCc2ncccn2)cc1. The van der Waals surface area contributed by atoms with Crippen molar-refractivity contribution >= 4 is 0 Å². The molecule has 0 fully saturated rings. The number of aromatic nitrogens is 2. The van der Waals surface area contributed by atoms with Crippen LogP contribution >= 0.6 is 0 Å². The summed E-state index contributed by atoms with van der Waals surface area (Å²) in [5.74, 6) is 1.49. The van der Waals surface area contributed by atoms with Crippen molar-refractivity contribution in [2.45, 2.75) is 26.0 Å². The van der Waals surface area contributed by atoms with E-state index in [-0.39, 0.29) is 6.04 Å². The monoisotopic (exact) mass is 243 g/mol. The minimum absolute atomic E-state index is 0.175. The van der Waals surface area contributed by atoms with Crippen molar-refractivity contribution in [2.24, 2.45) is 5.73 Å². The van der Waals surface area contributed by atoms with E-state index in [4.69, 9.17) is 10.5 Å². The molecule has 4 nitrogen and oxygen atoms in total. The molecule has 0 spiro atoms. The predicted molar refractivity (Wildman–Crippen MR) is 70.2 cm³/mol. The van der Waals surface area contributed by atoms with E-state index in [9.17, 15) is 0 Å². The zero-order valence-electron chi connectivity index (χ0n) is 10.4. The third kappa shape index (κ3) is 3.82. The zero-order chi connectivity index (χ0) is 12.8. The number of hydrogen-bond donors (Lipinski definition) is 1. The Morgan fingerprint density at radius 3 is 2.44 bits per heavy atom. The van der Waals surface area contributed by atoms with Gasteiger partial charge in [-0.15, -0.1) is 0 Å². The summed E-state index contributed by atoms with van der Waals surface area (Å²) in [5, 5.41) is 0. The topological polar surface area (TPSA) is 61.0 Å². The molecule has 0 amide bonds. The molecule has 4 heteroatoms. The minimum Gasteiger partial charge on any atom is -0.486 e. The molecule has 1 atom stereocenters. The van der Waals surface area contributed by atoms with Crippen LogP contribution in [0.25, 0.3) is 0 Å². The van der Waals surface area contributed by atoms with Crippen LogP contribution in [0.2, 0.25) is 0 Å². The minimum atomic E-state index is 0.175. The van der Waals surface area contributed by atoms with E-state index in [1.54, 1.807) is 18.5 Å². The van der Waals surface area contributed by atoms with E-state index in [1.165, 1.54) is 5.56 Å². The van der Waals surface area contributed by atoms with Crippen molar-refractivity contribution in [1.82, 2.24) is 9.97 Å². The molecule has 0 radical (unpaired) electrons. The number of hydrogen-bond acceptors (Lipinski definition) is 4. The van der Waals surface area contributed by atoms with Crippen LogP contribution in [0.4, 0.5) is 0 Å². The highest BCUT2D eigenvalue weighted by Crippen LogP contribution is 2.14. The Hall–Kier alpha value is -1.94. The maximum Gasteiger partial charge on any atom is 0.166 e. The van der Waals surface area contributed by atoms with Gasteiger partial charge in [0.15, 0.2) is 5.82 Å². The molecule has 0 saturated carbocycles. The standard InChI is InChI=1S/C14H17N3O/c1-11(15)9-12-3-5-13(6-4-12)18-10-14-16-7-2-8-17-14/h2-8,11H,9-10,15H2,1H3. The second kappa shape index (κ2) is 6.12. The highest BCUT2D eigenvalue weighted by molar-refractivity contribution is 5.27. The van der Waals surface area contributed by atoms with Crippen LogP contribution in [0.15, 0.2) is 42.7 Å². The molecule has 1 unspecified atom stereocenters. The van der Waals surface area contributed by atoms with Crippen LogP contribution in [0.5, 0.6) is 5.75 Å². The van der Waals surface area contributed by atoms with Gasteiger partial charge in [0, 0.05) is 18.4 Å². The number of benzene rings is 1. The first-order chi connectivity index (χ1) is 8.74. The first-order valence-electron chi connectivity index (χ1n) is 5.97. The summed E-state index contributed by atoms with van der Waals surface area (Å²) < 4.78 is 5.60. The van der Waals surface area contributed by atoms with Crippen LogP contribution in [-0.2, 0) is 13.0 Å². The van der Waals surface area contributed by atoms with Gasteiger partial charge in [0.2, 0.25) is 0 Å². The first-order valence-corrected chi connectivity index (χ1v) is 5.97. The normalized spacial score (nSPS) is 12.1. The molecular weight excluding hydrogens is 226 g/mol. The fourth-order valence-electron chi connectivity index (χ4n) is 1.65. The molecule has 18 heavy (non-hydrogen) atoms. The second-order valence-corrected chi connectivity index (χ2v) is 4.28. The molecule has 0 aliphatic heterocycles. The van der Waals surface area contributed by atoms with Crippen molar-refractivity contribution in [1.29, 1.82) is 0 Å². The van der Waals surface area contributed by atoms with E-state index < -0.39 is 0 Å². The lowest BCUT2D eigenvalue weighted by Crippen LogP contribution is -2.17. The largest absolute Gasteiger partial charge is 0.486 e. The van der Waals surface area contributed by atoms with Crippen molar-refractivity contribution in [3.05, 3.63) is 54.1 Å². The molecular formula is C14H17N3O. The van der Waals surface area contributed by atoms with Crippen LogP contribution in [-0.4, -0.2) is 16.0 Å². The van der Waals surface area contributed by atoms with Crippen LogP contribution in [0.3, 0.4) is 0 Å². The van der Waals surface area contributed by atoms with Crippen molar-refractivity contribution in [2.75, 3.05) is 0 Å². The van der Waals surface area contributed by atoms with Gasteiger partial charge in [-0.3, -0.25) is 0 Å². The van der Waals surface area contributed by atoms with Crippen LogP contribution in [0.1, 0.15) is 18.3 Å². The molecule has 2 aromatic rings. The van der Waals surface area contributed by atoms with Gasteiger partial charge in [0.05, 0.1) is 0 Å². The predicted octanol–water partition coefficient (Wildman–Crippen LogP) is 1.95. The molecule has 1 heterocycles. The summed E-state index contributed by atoms with van der Waals surface area (Å²) in [6.45, 7) is 2.38. The van der Waals surface area contributed by atoms with Crippen LogP contribution in [0, 0.1) is 0 Å². The smallest absolute Gasteiger partial charge is 0.166 e. The Morgan fingerprint density at radius 2 is 1.83 bits per heavy atom. The van der Waals surface area contributed by atoms with Gasteiger partial charge in [-0.1, -0.05) is 12.1 Å². The summed E-state index contributed by atoms with van der Waals surface area (Å²) in [4.78, 5) is 8.20. The molecule has 0 saturated heterocycles. The number of rotatable bonds is 5. The zero-order valence-corrected chi connectivity index (χ0v) is 10.4. The average molecular weight is 243 g/mol. The molecule has 94 valence electrons.